The first-order chi connectivity index (χ1) is 15.7. The highest BCUT2D eigenvalue weighted by Gasteiger charge is 2.12. The lowest BCUT2D eigenvalue weighted by molar-refractivity contribution is 0.251. The van der Waals surface area contributed by atoms with Gasteiger partial charge in [-0.05, 0) is 41.0 Å². The van der Waals surface area contributed by atoms with Crippen molar-refractivity contribution in [2.45, 2.75) is 13.2 Å². The minimum atomic E-state index is -0.407. The average molecular weight is 432 g/mol. The topological polar surface area (TPSA) is 63.2 Å². The van der Waals surface area contributed by atoms with Gasteiger partial charge in [0, 0.05) is 33.0 Å². The molecular formula is C26H26FN3O2. The lowest BCUT2D eigenvalue weighted by Gasteiger charge is -2.13. The Balaban J connectivity index is 0.00000204. The number of aromatic nitrogens is 1. The van der Waals surface area contributed by atoms with Gasteiger partial charge in [0.05, 0.1) is 0 Å². The SMILES string of the molecule is O=C(NCc1cccnc1)Nc1ccc(COc2c(F)cccc2-c2ccccc2)cc1.[HH].[HH]. The van der Waals surface area contributed by atoms with Gasteiger partial charge < -0.3 is 15.4 Å². The molecular weight excluding hydrogens is 405 g/mol. The molecule has 0 saturated heterocycles. The smallest absolute Gasteiger partial charge is 0.319 e. The summed E-state index contributed by atoms with van der Waals surface area (Å²) in [7, 11) is 0. The zero-order chi connectivity index (χ0) is 22.2. The van der Waals surface area contributed by atoms with E-state index in [1.54, 1.807) is 30.6 Å². The summed E-state index contributed by atoms with van der Waals surface area (Å²) in [5.74, 6) is -0.189. The van der Waals surface area contributed by atoms with Gasteiger partial charge in [0.15, 0.2) is 11.6 Å². The van der Waals surface area contributed by atoms with E-state index in [2.05, 4.69) is 15.6 Å². The number of nitrogens with one attached hydrogen (secondary N) is 2. The molecule has 164 valence electrons. The number of hydrogen-bond acceptors (Lipinski definition) is 3. The number of nitrogens with zero attached hydrogens (tertiary/aromatic N) is 1. The zero-order valence-corrected chi connectivity index (χ0v) is 17.3. The van der Waals surface area contributed by atoms with Gasteiger partial charge in [-0.25, -0.2) is 9.18 Å². The third kappa shape index (κ3) is 5.49. The van der Waals surface area contributed by atoms with E-state index in [1.165, 1.54) is 6.07 Å². The van der Waals surface area contributed by atoms with Crippen LogP contribution in [0.4, 0.5) is 14.9 Å². The van der Waals surface area contributed by atoms with Crippen LogP contribution in [-0.4, -0.2) is 11.0 Å². The van der Waals surface area contributed by atoms with Crippen molar-refractivity contribution in [3.63, 3.8) is 0 Å². The standard InChI is InChI=1S/C26H22FN3O2.2H2/c27-24-10-4-9-23(21-7-2-1-3-8-21)25(24)32-18-19-11-13-22(14-12-19)30-26(31)29-17-20-6-5-15-28-16-20;;/h1-16H,17-18H2,(H2,29,30,31);2*1H. The number of benzene rings is 3. The molecule has 0 aliphatic heterocycles. The average Bonchev–Trinajstić information content (AvgIpc) is 2.84. The van der Waals surface area contributed by atoms with Crippen molar-refractivity contribution in [3.05, 3.63) is 114 Å². The van der Waals surface area contributed by atoms with Crippen molar-refractivity contribution >= 4 is 11.7 Å². The lowest BCUT2D eigenvalue weighted by atomic mass is 10.0. The number of anilines is 1. The molecule has 1 aromatic heterocycles. The van der Waals surface area contributed by atoms with E-state index in [9.17, 15) is 9.18 Å². The van der Waals surface area contributed by atoms with Crippen molar-refractivity contribution in [1.82, 2.24) is 10.3 Å². The van der Waals surface area contributed by atoms with Gasteiger partial charge >= 0.3 is 6.03 Å². The molecule has 0 unspecified atom stereocenters. The normalized spacial score (nSPS) is 10.4. The lowest BCUT2D eigenvalue weighted by Crippen LogP contribution is -2.28. The maximum absolute atomic E-state index is 14.5. The number of halogens is 1. The molecule has 3 aromatic carbocycles. The Hall–Kier alpha value is -4.19. The summed E-state index contributed by atoms with van der Waals surface area (Å²) in [6, 6.07) is 25.1. The first kappa shape index (κ1) is 21.1. The molecule has 4 rings (SSSR count). The molecule has 0 spiro atoms. The summed E-state index contributed by atoms with van der Waals surface area (Å²) >= 11 is 0. The second-order valence-corrected chi connectivity index (χ2v) is 7.14. The minimum absolute atomic E-state index is 0. The van der Waals surface area contributed by atoms with Crippen LogP contribution in [0.25, 0.3) is 11.1 Å². The molecule has 6 heteroatoms. The summed E-state index contributed by atoms with van der Waals surface area (Å²) in [5, 5.41) is 5.56. The van der Waals surface area contributed by atoms with Gasteiger partial charge in [-0.3, -0.25) is 4.98 Å². The fourth-order valence-electron chi connectivity index (χ4n) is 3.20. The predicted octanol–water partition coefficient (Wildman–Crippen LogP) is 6.28. The molecule has 0 aliphatic carbocycles. The summed E-state index contributed by atoms with van der Waals surface area (Å²) in [5.41, 5.74) is 4.01. The van der Waals surface area contributed by atoms with Crippen LogP contribution in [0.1, 0.15) is 14.0 Å². The molecule has 0 saturated carbocycles. The zero-order valence-electron chi connectivity index (χ0n) is 17.3. The van der Waals surface area contributed by atoms with E-state index in [4.69, 9.17) is 4.74 Å². The Bertz CT molecular complexity index is 1180. The second-order valence-electron chi connectivity index (χ2n) is 7.14. The number of amides is 2. The van der Waals surface area contributed by atoms with Crippen LogP contribution in [-0.2, 0) is 13.2 Å². The Labute approximate surface area is 188 Å². The van der Waals surface area contributed by atoms with E-state index in [-0.39, 0.29) is 21.2 Å². The number of carbonyl (C=O) groups excluding carboxylic acids is 1. The fraction of sp³-hybridized carbons (Fsp3) is 0.0769. The van der Waals surface area contributed by atoms with Crippen LogP contribution < -0.4 is 15.4 Å². The van der Waals surface area contributed by atoms with Crippen LogP contribution in [0.5, 0.6) is 5.75 Å². The van der Waals surface area contributed by atoms with Crippen LogP contribution in [0.2, 0.25) is 0 Å². The van der Waals surface area contributed by atoms with Crippen molar-refractivity contribution in [1.29, 1.82) is 0 Å². The molecule has 0 fully saturated rings. The number of urea groups is 1. The third-order valence-electron chi connectivity index (χ3n) is 4.82. The number of pyridine rings is 1. The number of ether oxygens (including phenoxy) is 1. The third-order valence-corrected chi connectivity index (χ3v) is 4.82. The predicted molar refractivity (Wildman–Crippen MR) is 127 cm³/mol. The van der Waals surface area contributed by atoms with Gasteiger partial charge in [0.25, 0.3) is 0 Å². The number of hydrogen-bond donors (Lipinski definition) is 2. The van der Waals surface area contributed by atoms with Crippen molar-refractivity contribution < 1.29 is 16.8 Å². The van der Waals surface area contributed by atoms with Crippen LogP contribution in [0.15, 0.2) is 97.3 Å². The molecule has 0 aliphatic rings. The second kappa shape index (κ2) is 10.2. The van der Waals surface area contributed by atoms with Gasteiger partial charge in [0.2, 0.25) is 0 Å². The maximum Gasteiger partial charge on any atom is 0.319 e. The monoisotopic (exact) mass is 431 g/mol. The van der Waals surface area contributed by atoms with Crippen LogP contribution >= 0.6 is 0 Å². The summed E-state index contributed by atoms with van der Waals surface area (Å²) in [6.45, 7) is 0.590. The highest BCUT2D eigenvalue weighted by molar-refractivity contribution is 5.89. The van der Waals surface area contributed by atoms with Crippen molar-refractivity contribution in [3.8, 4) is 16.9 Å². The summed E-state index contributed by atoms with van der Waals surface area (Å²) in [6.07, 6.45) is 3.39. The molecule has 0 bridgehead atoms. The van der Waals surface area contributed by atoms with E-state index >= 15 is 0 Å². The summed E-state index contributed by atoms with van der Waals surface area (Å²) < 4.78 is 20.3. The van der Waals surface area contributed by atoms with Crippen LogP contribution in [0, 0.1) is 5.82 Å². The molecule has 5 nitrogen and oxygen atoms in total. The molecule has 1 heterocycles. The Kier molecular flexibility index (Phi) is 6.72. The Morgan fingerprint density at radius 1 is 0.906 bits per heavy atom. The minimum Gasteiger partial charge on any atom is -0.485 e. The quantitative estimate of drug-likeness (QED) is 0.362. The van der Waals surface area contributed by atoms with Crippen LogP contribution in [0.3, 0.4) is 0 Å². The fourth-order valence-corrected chi connectivity index (χ4v) is 3.20. The Morgan fingerprint density at radius 2 is 1.72 bits per heavy atom. The summed E-state index contributed by atoms with van der Waals surface area (Å²) in [4.78, 5) is 16.1. The van der Waals surface area contributed by atoms with E-state index in [0.29, 0.717) is 17.8 Å². The van der Waals surface area contributed by atoms with E-state index in [1.807, 2.05) is 60.7 Å². The number of para-hydroxylation sites is 1. The van der Waals surface area contributed by atoms with E-state index < -0.39 is 5.82 Å². The molecule has 0 atom stereocenters. The largest absolute Gasteiger partial charge is 0.485 e. The van der Waals surface area contributed by atoms with Crippen molar-refractivity contribution in [2.24, 2.45) is 0 Å². The van der Waals surface area contributed by atoms with Gasteiger partial charge in [-0.15, -0.1) is 0 Å². The van der Waals surface area contributed by atoms with Gasteiger partial charge in [0.1, 0.15) is 6.61 Å². The Morgan fingerprint density at radius 3 is 2.47 bits per heavy atom. The molecule has 0 radical (unpaired) electrons. The molecule has 32 heavy (non-hydrogen) atoms. The number of carbonyl (C=O) groups is 1. The highest BCUT2D eigenvalue weighted by Crippen LogP contribution is 2.32. The number of rotatable bonds is 7. The molecule has 4 aromatic rings. The van der Waals surface area contributed by atoms with Crippen molar-refractivity contribution in [2.75, 3.05) is 5.32 Å². The first-order valence-corrected chi connectivity index (χ1v) is 10.2. The maximum atomic E-state index is 14.5. The van der Waals surface area contributed by atoms with E-state index in [0.717, 1.165) is 16.7 Å². The van der Waals surface area contributed by atoms with Gasteiger partial charge in [-0.2, -0.15) is 0 Å². The molecule has 2 N–H and O–H groups in total. The molecule has 2 amide bonds. The highest BCUT2D eigenvalue weighted by atomic mass is 19.1. The first-order valence-electron chi connectivity index (χ1n) is 10.2. The van der Waals surface area contributed by atoms with Gasteiger partial charge in [-0.1, -0.05) is 60.7 Å².